The summed E-state index contributed by atoms with van der Waals surface area (Å²) in [5, 5.41) is 9.67. The summed E-state index contributed by atoms with van der Waals surface area (Å²) < 4.78 is 0. The number of para-hydroxylation sites is 1. The average molecular weight is 327 g/mol. The zero-order valence-corrected chi connectivity index (χ0v) is 13.7. The van der Waals surface area contributed by atoms with Gasteiger partial charge in [0.2, 0.25) is 5.91 Å². The summed E-state index contributed by atoms with van der Waals surface area (Å²) in [5.74, 6) is 2.20. The quantitative estimate of drug-likeness (QED) is 0.787. The van der Waals surface area contributed by atoms with Gasteiger partial charge in [-0.1, -0.05) is 18.2 Å². The van der Waals surface area contributed by atoms with Crippen LogP contribution in [0.25, 0.3) is 0 Å². The van der Waals surface area contributed by atoms with E-state index in [1.165, 1.54) is 0 Å². The van der Waals surface area contributed by atoms with Crippen LogP contribution in [0.5, 0.6) is 0 Å². The fourth-order valence-corrected chi connectivity index (χ4v) is 3.46. The Kier molecular flexibility index (Phi) is 5.56. The van der Waals surface area contributed by atoms with Gasteiger partial charge in [-0.2, -0.15) is 11.8 Å². The molecule has 0 aromatic heterocycles. The van der Waals surface area contributed by atoms with E-state index in [1.807, 2.05) is 66.4 Å². The molecule has 2 aromatic rings. The minimum atomic E-state index is 0.0637. The van der Waals surface area contributed by atoms with Crippen LogP contribution in [0.1, 0.15) is 6.42 Å². The van der Waals surface area contributed by atoms with Crippen molar-refractivity contribution >= 4 is 34.7 Å². The van der Waals surface area contributed by atoms with Crippen LogP contribution < -0.4 is 16.0 Å². The van der Waals surface area contributed by atoms with E-state index in [2.05, 4.69) is 16.0 Å². The molecule has 1 fully saturated rings. The minimum Gasteiger partial charge on any atom is -0.356 e. The monoisotopic (exact) mass is 327 g/mol. The van der Waals surface area contributed by atoms with E-state index in [-0.39, 0.29) is 11.9 Å². The molecule has 23 heavy (non-hydrogen) atoms. The van der Waals surface area contributed by atoms with E-state index in [1.54, 1.807) is 0 Å². The van der Waals surface area contributed by atoms with Crippen molar-refractivity contribution in [2.24, 2.45) is 0 Å². The topological polar surface area (TPSA) is 53.2 Å². The van der Waals surface area contributed by atoms with Gasteiger partial charge < -0.3 is 16.0 Å². The van der Waals surface area contributed by atoms with Gasteiger partial charge in [0.15, 0.2) is 0 Å². The zero-order chi connectivity index (χ0) is 15.9. The molecule has 4 nitrogen and oxygen atoms in total. The second-order valence-corrected chi connectivity index (χ2v) is 6.70. The van der Waals surface area contributed by atoms with E-state index in [9.17, 15) is 4.79 Å². The lowest BCUT2D eigenvalue weighted by Crippen LogP contribution is -2.39. The summed E-state index contributed by atoms with van der Waals surface area (Å²) in [6.45, 7) is 0.989. The van der Waals surface area contributed by atoms with Gasteiger partial charge in [-0.15, -0.1) is 0 Å². The van der Waals surface area contributed by atoms with Crippen molar-refractivity contribution in [1.82, 2.24) is 5.32 Å². The molecule has 1 heterocycles. The van der Waals surface area contributed by atoms with Gasteiger partial charge >= 0.3 is 0 Å². The summed E-state index contributed by atoms with van der Waals surface area (Å²) in [7, 11) is 0. The Balaban J connectivity index is 1.51. The molecule has 5 heteroatoms. The first-order valence-electron chi connectivity index (χ1n) is 7.83. The van der Waals surface area contributed by atoms with Gasteiger partial charge in [0.1, 0.15) is 0 Å². The first-order chi connectivity index (χ1) is 11.3. The van der Waals surface area contributed by atoms with Gasteiger partial charge in [-0.05, 0) is 36.4 Å². The molecule has 0 bridgehead atoms. The minimum absolute atomic E-state index is 0.0637. The molecular weight excluding hydrogens is 306 g/mol. The summed E-state index contributed by atoms with van der Waals surface area (Å²) >= 11 is 1.90. The van der Waals surface area contributed by atoms with E-state index >= 15 is 0 Å². The standard InChI is InChI=1S/C18H21N3OS/c22-18(12-17-13-23-11-10-19-17)21-16-8-6-15(7-9-16)20-14-4-2-1-3-5-14/h1-9,17,19-20H,10-13H2,(H,21,22). The summed E-state index contributed by atoms with van der Waals surface area (Å²) in [5.41, 5.74) is 2.88. The lowest BCUT2D eigenvalue weighted by molar-refractivity contribution is -0.116. The van der Waals surface area contributed by atoms with Crippen LogP contribution in [0.15, 0.2) is 54.6 Å². The average Bonchev–Trinajstić information content (AvgIpc) is 2.58. The number of carbonyl (C=O) groups excluding carboxylic acids is 1. The summed E-state index contributed by atoms with van der Waals surface area (Å²) in [6.07, 6.45) is 0.525. The third-order valence-electron chi connectivity index (χ3n) is 3.66. The zero-order valence-electron chi connectivity index (χ0n) is 12.9. The maximum atomic E-state index is 12.1. The molecule has 1 amide bonds. The van der Waals surface area contributed by atoms with Crippen molar-refractivity contribution in [1.29, 1.82) is 0 Å². The van der Waals surface area contributed by atoms with E-state index in [0.29, 0.717) is 6.42 Å². The number of nitrogens with one attached hydrogen (secondary N) is 3. The fraction of sp³-hybridized carbons (Fsp3) is 0.278. The molecule has 1 atom stereocenters. The highest BCUT2D eigenvalue weighted by atomic mass is 32.2. The lowest BCUT2D eigenvalue weighted by atomic mass is 10.2. The Morgan fingerprint density at radius 2 is 1.74 bits per heavy atom. The Labute approximate surface area is 141 Å². The number of hydrogen-bond acceptors (Lipinski definition) is 4. The second-order valence-electron chi connectivity index (χ2n) is 5.55. The number of carbonyl (C=O) groups is 1. The SMILES string of the molecule is O=C(CC1CSCCN1)Nc1ccc(Nc2ccccc2)cc1. The van der Waals surface area contributed by atoms with Gasteiger partial charge in [0, 0.05) is 47.6 Å². The summed E-state index contributed by atoms with van der Waals surface area (Å²) in [6, 6.07) is 18.1. The van der Waals surface area contributed by atoms with Gasteiger partial charge in [0.25, 0.3) is 0 Å². The Bertz CT molecular complexity index is 624. The number of rotatable bonds is 5. The lowest BCUT2D eigenvalue weighted by Gasteiger charge is -2.22. The number of anilines is 3. The van der Waals surface area contributed by atoms with Crippen molar-refractivity contribution in [2.75, 3.05) is 28.7 Å². The molecule has 0 saturated carbocycles. The normalized spacial score (nSPS) is 17.5. The first-order valence-corrected chi connectivity index (χ1v) is 8.98. The van der Waals surface area contributed by atoms with Gasteiger partial charge in [-0.3, -0.25) is 4.79 Å². The maximum Gasteiger partial charge on any atom is 0.225 e. The Morgan fingerprint density at radius 3 is 2.43 bits per heavy atom. The van der Waals surface area contributed by atoms with Crippen molar-refractivity contribution in [3.8, 4) is 0 Å². The van der Waals surface area contributed by atoms with Crippen molar-refractivity contribution in [2.45, 2.75) is 12.5 Å². The van der Waals surface area contributed by atoms with E-state index < -0.39 is 0 Å². The van der Waals surface area contributed by atoms with Gasteiger partial charge in [0.05, 0.1) is 0 Å². The van der Waals surface area contributed by atoms with Crippen LogP contribution in [0, 0.1) is 0 Å². The molecule has 0 spiro atoms. The molecule has 120 valence electrons. The summed E-state index contributed by atoms with van der Waals surface area (Å²) in [4.78, 5) is 12.1. The molecule has 0 radical (unpaired) electrons. The number of benzene rings is 2. The highest BCUT2D eigenvalue weighted by molar-refractivity contribution is 7.99. The Hall–Kier alpha value is -1.98. The Morgan fingerprint density at radius 1 is 1.04 bits per heavy atom. The van der Waals surface area contributed by atoms with Crippen molar-refractivity contribution in [3.05, 3.63) is 54.6 Å². The van der Waals surface area contributed by atoms with Crippen molar-refractivity contribution < 1.29 is 4.79 Å². The molecule has 1 saturated heterocycles. The van der Waals surface area contributed by atoms with Crippen LogP contribution in [-0.2, 0) is 4.79 Å². The predicted octanol–water partition coefficient (Wildman–Crippen LogP) is 3.46. The molecule has 1 unspecified atom stereocenters. The van der Waals surface area contributed by atoms with E-state index in [0.717, 1.165) is 35.1 Å². The molecule has 1 aliphatic rings. The number of thioether (sulfide) groups is 1. The molecule has 2 aromatic carbocycles. The van der Waals surface area contributed by atoms with Crippen LogP contribution in [0.2, 0.25) is 0 Å². The van der Waals surface area contributed by atoms with E-state index in [4.69, 9.17) is 0 Å². The van der Waals surface area contributed by atoms with Gasteiger partial charge in [-0.25, -0.2) is 0 Å². The second kappa shape index (κ2) is 8.04. The number of amides is 1. The smallest absolute Gasteiger partial charge is 0.225 e. The molecule has 1 aliphatic heterocycles. The molecule has 3 N–H and O–H groups in total. The first kappa shape index (κ1) is 15.9. The highest BCUT2D eigenvalue weighted by Crippen LogP contribution is 2.19. The number of hydrogen-bond donors (Lipinski definition) is 3. The maximum absolute atomic E-state index is 12.1. The van der Waals surface area contributed by atoms with Crippen LogP contribution >= 0.6 is 11.8 Å². The van der Waals surface area contributed by atoms with Crippen LogP contribution in [0.3, 0.4) is 0 Å². The third-order valence-corrected chi connectivity index (χ3v) is 4.79. The predicted molar refractivity (Wildman–Crippen MR) is 98.5 cm³/mol. The largest absolute Gasteiger partial charge is 0.356 e. The fourth-order valence-electron chi connectivity index (χ4n) is 2.51. The van der Waals surface area contributed by atoms with Crippen molar-refractivity contribution in [3.63, 3.8) is 0 Å². The molecule has 3 rings (SSSR count). The van der Waals surface area contributed by atoms with Crippen LogP contribution in [-0.4, -0.2) is 30.0 Å². The third kappa shape index (κ3) is 5.01. The molecule has 0 aliphatic carbocycles. The highest BCUT2D eigenvalue weighted by Gasteiger charge is 2.16. The molecular formula is C18H21N3OS. The van der Waals surface area contributed by atoms with Crippen LogP contribution in [0.4, 0.5) is 17.1 Å².